The summed E-state index contributed by atoms with van der Waals surface area (Å²) in [6.45, 7) is 10.3. The van der Waals surface area contributed by atoms with E-state index < -0.39 is 17.9 Å². The van der Waals surface area contributed by atoms with E-state index in [0.29, 0.717) is 65.9 Å². The summed E-state index contributed by atoms with van der Waals surface area (Å²) in [7, 11) is 0. The van der Waals surface area contributed by atoms with Crippen LogP contribution in [0.4, 0.5) is 0 Å². The van der Waals surface area contributed by atoms with Crippen molar-refractivity contribution in [2.75, 3.05) is 85.9 Å². The number of hydrogen-bond donors (Lipinski definition) is 1. The van der Waals surface area contributed by atoms with Crippen molar-refractivity contribution in [1.29, 1.82) is 0 Å². The van der Waals surface area contributed by atoms with E-state index in [0.717, 1.165) is 38.9 Å². The monoisotopic (exact) mass is 508 g/mol. The average molecular weight is 509 g/mol. The van der Waals surface area contributed by atoms with Gasteiger partial charge in [0.25, 0.3) is 0 Å². The third-order valence-corrected chi connectivity index (χ3v) is 4.92. The maximum Gasteiger partial charge on any atom is 0.306 e. The molecule has 1 atom stereocenters. The summed E-state index contributed by atoms with van der Waals surface area (Å²) in [4.78, 5) is 23.3. The largest absolute Gasteiger partial charge is 0.481 e. The van der Waals surface area contributed by atoms with Crippen LogP contribution in [0.3, 0.4) is 0 Å². The van der Waals surface area contributed by atoms with E-state index in [2.05, 4.69) is 13.8 Å². The molecule has 0 bridgehead atoms. The number of unbranched alkanes of at least 4 members (excludes halogenated alkanes) is 2. The maximum absolute atomic E-state index is 11.8. The molecule has 0 aromatic carbocycles. The van der Waals surface area contributed by atoms with Gasteiger partial charge in [0, 0.05) is 26.2 Å². The Balaban J connectivity index is 3.56. The number of carboxylic acids is 1. The van der Waals surface area contributed by atoms with Crippen LogP contribution in [0, 0.1) is 5.92 Å². The second kappa shape index (κ2) is 27.3. The Kier molecular flexibility index (Phi) is 26.3. The molecule has 1 N–H and O–H groups in total. The average Bonchev–Trinajstić information content (AvgIpc) is 2.84. The minimum Gasteiger partial charge on any atom is -0.481 e. The number of carbonyl (C=O) groups is 2. The van der Waals surface area contributed by atoms with E-state index in [9.17, 15) is 14.7 Å². The Morgan fingerprint density at radius 2 is 0.971 bits per heavy atom. The second-order valence-electron chi connectivity index (χ2n) is 7.96. The molecule has 0 radical (unpaired) electrons. The zero-order chi connectivity index (χ0) is 25.8. The molecule has 208 valence electrons. The lowest BCUT2D eigenvalue weighted by Crippen LogP contribution is -2.19. The SMILES string of the molecule is CCCCOCCOCCOCCOC(=O)CCC(CCOCCOCCOCCCC)C(=O)O. The molecular formula is C25H48O10. The van der Waals surface area contributed by atoms with Crippen LogP contribution in [0.2, 0.25) is 0 Å². The highest BCUT2D eigenvalue weighted by Gasteiger charge is 2.19. The van der Waals surface area contributed by atoms with Gasteiger partial charge in [-0.3, -0.25) is 9.59 Å². The van der Waals surface area contributed by atoms with Gasteiger partial charge in [0.15, 0.2) is 0 Å². The molecule has 10 heteroatoms. The molecule has 0 aliphatic rings. The highest BCUT2D eigenvalue weighted by molar-refractivity contribution is 5.73. The van der Waals surface area contributed by atoms with Crippen molar-refractivity contribution in [2.24, 2.45) is 5.92 Å². The molecule has 0 saturated heterocycles. The summed E-state index contributed by atoms with van der Waals surface area (Å²) in [6, 6.07) is 0. The van der Waals surface area contributed by atoms with Gasteiger partial charge in [0.1, 0.15) is 6.61 Å². The zero-order valence-electron chi connectivity index (χ0n) is 21.8. The Morgan fingerprint density at radius 1 is 0.571 bits per heavy atom. The van der Waals surface area contributed by atoms with Crippen LogP contribution in [0.25, 0.3) is 0 Å². The van der Waals surface area contributed by atoms with Crippen LogP contribution in [0.1, 0.15) is 58.8 Å². The van der Waals surface area contributed by atoms with Gasteiger partial charge in [-0.2, -0.15) is 0 Å². The van der Waals surface area contributed by atoms with E-state index in [-0.39, 0.29) is 26.1 Å². The molecule has 0 aliphatic heterocycles. The van der Waals surface area contributed by atoms with Crippen molar-refractivity contribution in [3.63, 3.8) is 0 Å². The predicted molar refractivity (Wildman–Crippen MR) is 131 cm³/mol. The van der Waals surface area contributed by atoms with Gasteiger partial charge >= 0.3 is 11.9 Å². The first-order valence-electron chi connectivity index (χ1n) is 13.0. The van der Waals surface area contributed by atoms with Gasteiger partial charge in [-0.15, -0.1) is 0 Å². The molecule has 10 nitrogen and oxygen atoms in total. The molecule has 0 amide bonds. The van der Waals surface area contributed by atoms with Gasteiger partial charge in [-0.1, -0.05) is 26.7 Å². The van der Waals surface area contributed by atoms with Crippen molar-refractivity contribution in [3.05, 3.63) is 0 Å². The lowest BCUT2D eigenvalue weighted by molar-refractivity contribution is -0.147. The van der Waals surface area contributed by atoms with Crippen LogP contribution in [-0.4, -0.2) is 103 Å². The van der Waals surface area contributed by atoms with Crippen LogP contribution in [-0.2, 0) is 42.7 Å². The molecular weight excluding hydrogens is 460 g/mol. The predicted octanol–water partition coefficient (Wildman–Crippen LogP) is 3.10. The molecule has 0 saturated carbocycles. The molecule has 0 spiro atoms. The highest BCUT2D eigenvalue weighted by Crippen LogP contribution is 2.12. The highest BCUT2D eigenvalue weighted by atomic mass is 16.6. The molecule has 0 aliphatic carbocycles. The molecule has 0 fully saturated rings. The lowest BCUT2D eigenvalue weighted by Gasteiger charge is -2.12. The van der Waals surface area contributed by atoms with E-state index in [1.165, 1.54) is 0 Å². The fourth-order valence-corrected chi connectivity index (χ4v) is 2.77. The zero-order valence-corrected chi connectivity index (χ0v) is 21.8. The van der Waals surface area contributed by atoms with Gasteiger partial charge in [0.05, 0.1) is 65.4 Å². The van der Waals surface area contributed by atoms with Gasteiger partial charge in [-0.05, 0) is 25.7 Å². The number of carbonyl (C=O) groups excluding carboxylic acids is 1. The summed E-state index contributed by atoms with van der Waals surface area (Å²) in [6.07, 6.45) is 4.90. The molecule has 0 heterocycles. The molecule has 0 aromatic rings. The van der Waals surface area contributed by atoms with Crippen molar-refractivity contribution in [3.8, 4) is 0 Å². The fraction of sp³-hybridized carbons (Fsp3) is 0.920. The van der Waals surface area contributed by atoms with E-state index in [4.69, 9.17) is 33.2 Å². The Bertz CT molecular complexity index is 475. The summed E-state index contributed by atoms with van der Waals surface area (Å²) < 4.78 is 37.4. The molecule has 0 rings (SSSR count). The third-order valence-electron chi connectivity index (χ3n) is 4.92. The van der Waals surface area contributed by atoms with Crippen molar-refractivity contribution in [2.45, 2.75) is 58.8 Å². The maximum atomic E-state index is 11.8. The Morgan fingerprint density at radius 3 is 1.40 bits per heavy atom. The summed E-state index contributed by atoms with van der Waals surface area (Å²) in [5.74, 6) is -2.04. The summed E-state index contributed by atoms with van der Waals surface area (Å²) in [5.41, 5.74) is 0. The topological polar surface area (TPSA) is 119 Å². The van der Waals surface area contributed by atoms with Crippen molar-refractivity contribution >= 4 is 11.9 Å². The minimum absolute atomic E-state index is 0.0409. The van der Waals surface area contributed by atoms with Crippen molar-refractivity contribution in [1.82, 2.24) is 0 Å². The van der Waals surface area contributed by atoms with Crippen LogP contribution in [0.15, 0.2) is 0 Å². The minimum atomic E-state index is -0.944. The number of carboxylic acid groups (broad SMARTS) is 1. The lowest BCUT2D eigenvalue weighted by atomic mass is 10.0. The second-order valence-corrected chi connectivity index (χ2v) is 7.96. The Hall–Kier alpha value is -1.30. The van der Waals surface area contributed by atoms with Crippen LogP contribution in [0.5, 0.6) is 0 Å². The first-order valence-corrected chi connectivity index (χ1v) is 13.0. The number of ether oxygens (including phenoxy) is 7. The number of hydrogen-bond acceptors (Lipinski definition) is 9. The quantitative estimate of drug-likeness (QED) is 0.125. The first-order chi connectivity index (χ1) is 17.1. The van der Waals surface area contributed by atoms with Gasteiger partial charge in [-0.25, -0.2) is 0 Å². The normalized spacial score (nSPS) is 12.1. The van der Waals surface area contributed by atoms with Crippen LogP contribution < -0.4 is 0 Å². The molecule has 0 aromatic heterocycles. The Labute approximate surface area is 210 Å². The fourth-order valence-electron chi connectivity index (χ4n) is 2.77. The standard InChI is InChI=1S/C25H48O10/c1-3-5-10-29-13-16-32-18-15-31-12-9-23(25(27)28)7-8-24(26)35-22-21-34-20-19-33-17-14-30-11-6-4-2/h23H,3-22H2,1-2H3,(H,27,28). The molecule has 35 heavy (non-hydrogen) atoms. The van der Waals surface area contributed by atoms with Crippen LogP contribution >= 0.6 is 0 Å². The smallest absolute Gasteiger partial charge is 0.306 e. The summed E-state index contributed by atoms with van der Waals surface area (Å²) >= 11 is 0. The number of rotatable bonds is 28. The molecule has 1 unspecified atom stereocenters. The third kappa shape index (κ3) is 25.6. The van der Waals surface area contributed by atoms with E-state index in [1.54, 1.807) is 0 Å². The number of aliphatic carboxylic acids is 1. The number of esters is 1. The van der Waals surface area contributed by atoms with E-state index in [1.807, 2.05) is 0 Å². The van der Waals surface area contributed by atoms with Gasteiger partial charge in [0.2, 0.25) is 0 Å². The van der Waals surface area contributed by atoms with Crippen molar-refractivity contribution < 1.29 is 47.9 Å². The van der Waals surface area contributed by atoms with E-state index >= 15 is 0 Å². The van der Waals surface area contributed by atoms with Gasteiger partial charge < -0.3 is 38.3 Å². The first kappa shape index (κ1) is 33.7. The summed E-state index contributed by atoms with van der Waals surface area (Å²) in [5, 5.41) is 9.35.